The molecule has 19 heavy (non-hydrogen) atoms. The molecule has 1 fully saturated rings. The Labute approximate surface area is 116 Å². The number of rotatable bonds is 3. The van der Waals surface area contributed by atoms with E-state index in [2.05, 4.69) is 0 Å². The van der Waals surface area contributed by atoms with Crippen molar-refractivity contribution in [2.45, 2.75) is 11.8 Å². The smallest absolute Gasteiger partial charge is 0.243 e. The van der Waals surface area contributed by atoms with Crippen LogP contribution in [0.3, 0.4) is 0 Å². The fraction of sp³-hybridized carbons (Fsp3) is 0.500. The molecular weight excluding hydrogens is 286 g/mol. The first-order chi connectivity index (χ1) is 8.95. The minimum atomic E-state index is -3.49. The molecule has 5 nitrogen and oxygen atoms in total. The largest absolute Gasteiger partial charge is 0.496 e. The average molecular weight is 303 g/mol. The van der Waals surface area contributed by atoms with E-state index in [-0.39, 0.29) is 4.90 Å². The molecule has 1 aromatic carbocycles. The highest BCUT2D eigenvalue weighted by Crippen LogP contribution is 2.24. The van der Waals surface area contributed by atoms with Crippen molar-refractivity contribution in [2.24, 2.45) is 0 Å². The summed E-state index contributed by atoms with van der Waals surface area (Å²) in [6.07, 6.45) is 0. The first kappa shape index (κ1) is 14.5. The number of benzene rings is 1. The van der Waals surface area contributed by atoms with Gasteiger partial charge in [0.1, 0.15) is 5.75 Å². The van der Waals surface area contributed by atoms with Crippen LogP contribution in [-0.4, -0.2) is 48.6 Å². The van der Waals surface area contributed by atoms with Crippen LogP contribution >= 0.6 is 0 Å². The lowest BCUT2D eigenvalue weighted by atomic mass is 10.2. The lowest BCUT2D eigenvalue weighted by Gasteiger charge is -2.25. The first-order valence-electron chi connectivity index (χ1n) is 5.95. The van der Waals surface area contributed by atoms with Crippen LogP contribution in [0, 0.1) is 6.92 Å². The molecule has 0 amide bonds. The molecule has 1 aliphatic rings. The zero-order valence-corrected chi connectivity index (χ0v) is 12.6. The number of aryl methyl sites for hydroxylation is 1. The van der Waals surface area contributed by atoms with Crippen molar-refractivity contribution < 1.29 is 17.4 Å². The van der Waals surface area contributed by atoms with E-state index in [1.54, 1.807) is 25.3 Å². The normalized spacial score (nSPS) is 18.4. The van der Waals surface area contributed by atoms with Gasteiger partial charge in [0, 0.05) is 35.4 Å². The van der Waals surface area contributed by atoms with Crippen LogP contribution in [0.1, 0.15) is 5.56 Å². The highest BCUT2D eigenvalue weighted by atomic mass is 32.2. The molecule has 0 unspecified atom stereocenters. The Morgan fingerprint density at radius 2 is 1.89 bits per heavy atom. The van der Waals surface area contributed by atoms with E-state index in [0.29, 0.717) is 30.3 Å². The van der Waals surface area contributed by atoms with Gasteiger partial charge in [-0.3, -0.25) is 4.21 Å². The summed E-state index contributed by atoms with van der Waals surface area (Å²) < 4.78 is 42.7. The second-order valence-corrected chi connectivity index (χ2v) is 8.02. The van der Waals surface area contributed by atoms with Crippen LogP contribution in [0.25, 0.3) is 0 Å². The molecule has 0 N–H and O–H groups in total. The zero-order chi connectivity index (χ0) is 14.0. The summed E-state index contributed by atoms with van der Waals surface area (Å²) in [5.41, 5.74) is 0.782. The van der Waals surface area contributed by atoms with Gasteiger partial charge in [-0.1, -0.05) is 0 Å². The number of ether oxygens (including phenoxy) is 1. The van der Waals surface area contributed by atoms with E-state index in [4.69, 9.17) is 4.74 Å². The van der Waals surface area contributed by atoms with Crippen LogP contribution in [0.2, 0.25) is 0 Å². The topological polar surface area (TPSA) is 63.7 Å². The van der Waals surface area contributed by atoms with Crippen molar-refractivity contribution in [1.29, 1.82) is 0 Å². The van der Waals surface area contributed by atoms with Crippen LogP contribution in [-0.2, 0) is 20.8 Å². The summed E-state index contributed by atoms with van der Waals surface area (Å²) in [6, 6.07) is 4.82. The summed E-state index contributed by atoms with van der Waals surface area (Å²) in [6.45, 7) is 2.45. The van der Waals surface area contributed by atoms with Crippen molar-refractivity contribution in [1.82, 2.24) is 4.31 Å². The van der Waals surface area contributed by atoms with Crippen LogP contribution < -0.4 is 4.74 Å². The maximum absolute atomic E-state index is 12.4. The molecule has 1 saturated heterocycles. The number of hydrogen-bond acceptors (Lipinski definition) is 4. The summed E-state index contributed by atoms with van der Waals surface area (Å²) in [7, 11) is -2.83. The van der Waals surface area contributed by atoms with Crippen molar-refractivity contribution in [3.63, 3.8) is 0 Å². The number of hydrogen-bond donors (Lipinski definition) is 0. The fourth-order valence-electron chi connectivity index (χ4n) is 2.02. The number of methoxy groups -OCH3 is 1. The summed E-state index contributed by atoms with van der Waals surface area (Å²) in [5, 5.41) is 0. The van der Waals surface area contributed by atoms with Gasteiger partial charge in [-0.05, 0) is 30.7 Å². The van der Waals surface area contributed by atoms with Gasteiger partial charge in [-0.2, -0.15) is 4.31 Å². The van der Waals surface area contributed by atoms with Gasteiger partial charge >= 0.3 is 0 Å². The molecule has 2 rings (SSSR count). The molecule has 0 aromatic heterocycles. The standard InChI is InChI=1S/C12H17NO4S2/c1-10-9-11(3-4-12(10)17-2)19(15,16)13-5-7-18(14)8-6-13/h3-4,9H,5-8H2,1-2H3. The van der Waals surface area contributed by atoms with E-state index in [1.807, 2.05) is 6.92 Å². The predicted molar refractivity (Wildman–Crippen MR) is 74.4 cm³/mol. The third-order valence-electron chi connectivity index (χ3n) is 3.14. The zero-order valence-electron chi connectivity index (χ0n) is 11.0. The monoisotopic (exact) mass is 303 g/mol. The molecule has 0 atom stereocenters. The Hall–Kier alpha value is -0.920. The summed E-state index contributed by atoms with van der Waals surface area (Å²) in [5.74, 6) is 1.49. The summed E-state index contributed by atoms with van der Waals surface area (Å²) in [4.78, 5) is 0.262. The van der Waals surface area contributed by atoms with Gasteiger partial charge < -0.3 is 4.74 Å². The van der Waals surface area contributed by atoms with E-state index in [1.165, 1.54) is 4.31 Å². The average Bonchev–Trinajstić information content (AvgIpc) is 2.39. The Morgan fingerprint density at radius 3 is 2.42 bits per heavy atom. The molecule has 106 valence electrons. The Bertz CT molecular complexity index is 588. The fourth-order valence-corrected chi connectivity index (χ4v) is 4.83. The van der Waals surface area contributed by atoms with Crippen molar-refractivity contribution >= 4 is 20.8 Å². The Morgan fingerprint density at radius 1 is 1.26 bits per heavy atom. The van der Waals surface area contributed by atoms with Crippen LogP contribution in [0.4, 0.5) is 0 Å². The lowest BCUT2D eigenvalue weighted by Crippen LogP contribution is -2.41. The van der Waals surface area contributed by atoms with Gasteiger partial charge in [0.15, 0.2) is 0 Å². The van der Waals surface area contributed by atoms with Crippen LogP contribution in [0.15, 0.2) is 23.1 Å². The minimum absolute atomic E-state index is 0.262. The first-order valence-corrected chi connectivity index (χ1v) is 8.88. The molecule has 0 spiro atoms. The predicted octanol–water partition coefficient (Wildman–Crippen LogP) is 0.757. The second kappa shape index (κ2) is 5.60. The van der Waals surface area contributed by atoms with E-state index in [9.17, 15) is 12.6 Å². The highest BCUT2D eigenvalue weighted by Gasteiger charge is 2.28. The van der Waals surface area contributed by atoms with Crippen LogP contribution in [0.5, 0.6) is 5.75 Å². The van der Waals surface area contributed by atoms with Crippen molar-refractivity contribution in [3.8, 4) is 5.75 Å². The number of sulfonamides is 1. The summed E-state index contributed by atoms with van der Waals surface area (Å²) >= 11 is 0. The molecular formula is C12H17NO4S2. The van der Waals surface area contributed by atoms with Crippen molar-refractivity contribution in [2.75, 3.05) is 31.7 Å². The van der Waals surface area contributed by atoms with E-state index >= 15 is 0 Å². The molecule has 0 saturated carbocycles. The SMILES string of the molecule is COc1ccc(S(=O)(=O)N2CCS(=O)CC2)cc1C. The minimum Gasteiger partial charge on any atom is -0.496 e. The number of nitrogens with zero attached hydrogens (tertiary/aromatic N) is 1. The Balaban J connectivity index is 2.29. The molecule has 1 heterocycles. The third kappa shape index (κ3) is 2.98. The molecule has 1 aromatic rings. The maximum Gasteiger partial charge on any atom is 0.243 e. The van der Waals surface area contributed by atoms with E-state index in [0.717, 1.165) is 5.56 Å². The van der Waals surface area contributed by atoms with E-state index < -0.39 is 20.8 Å². The quantitative estimate of drug-likeness (QED) is 0.827. The molecule has 0 bridgehead atoms. The van der Waals surface area contributed by atoms with Gasteiger partial charge in [0.05, 0.1) is 12.0 Å². The van der Waals surface area contributed by atoms with Crippen molar-refractivity contribution in [3.05, 3.63) is 23.8 Å². The molecule has 1 aliphatic heterocycles. The second-order valence-electron chi connectivity index (χ2n) is 4.38. The lowest BCUT2D eigenvalue weighted by molar-refractivity contribution is 0.410. The van der Waals surface area contributed by atoms with Gasteiger partial charge in [-0.15, -0.1) is 0 Å². The molecule has 0 aliphatic carbocycles. The Kier molecular flexibility index (Phi) is 4.27. The highest BCUT2D eigenvalue weighted by molar-refractivity contribution is 7.89. The van der Waals surface area contributed by atoms with Gasteiger partial charge in [0.25, 0.3) is 0 Å². The molecule has 0 radical (unpaired) electrons. The maximum atomic E-state index is 12.4. The third-order valence-corrected chi connectivity index (χ3v) is 6.31. The molecule has 7 heteroatoms. The van der Waals surface area contributed by atoms with Gasteiger partial charge in [-0.25, -0.2) is 8.42 Å². The van der Waals surface area contributed by atoms with Gasteiger partial charge in [0.2, 0.25) is 10.0 Å².